The Balaban J connectivity index is 1.59. The Morgan fingerprint density at radius 1 is 0.868 bits per heavy atom. The third-order valence-electron chi connectivity index (χ3n) is 5.64. The summed E-state index contributed by atoms with van der Waals surface area (Å²) in [6.07, 6.45) is 2.00. The molecule has 8 heteroatoms. The topological polar surface area (TPSA) is 81.2 Å². The molecule has 0 fully saturated rings. The number of carbonyl (C=O) groups is 2. The van der Waals surface area contributed by atoms with Crippen LogP contribution >= 0.6 is 0 Å². The van der Waals surface area contributed by atoms with E-state index in [2.05, 4.69) is 5.32 Å². The normalized spacial score (nSPS) is 11.4. The number of anilines is 1. The summed E-state index contributed by atoms with van der Waals surface area (Å²) in [6.45, 7) is 5.48. The van der Waals surface area contributed by atoms with Gasteiger partial charge in [0.1, 0.15) is 17.2 Å². The first-order chi connectivity index (χ1) is 18.1. The number of rotatable bonds is 8. The van der Waals surface area contributed by atoms with Crippen molar-refractivity contribution in [1.82, 2.24) is 9.97 Å². The lowest BCUT2D eigenvalue weighted by molar-refractivity contribution is -0.154. The summed E-state index contributed by atoms with van der Waals surface area (Å²) in [5.74, 6) is -1.51. The molecular formula is C30H29F2N3O3. The average Bonchev–Trinajstić information content (AvgIpc) is 2.84. The predicted octanol–water partition coefficient (Wildman–Crippen LogP) is 6.88. The van der Waals surface area contributed by atoms with Crippen molar-refractivity contribution in [1.29, 1.82) is 0 Å². The minimum atomic E-state index is -0.538. The molecule has 3 aromatic carbocycles. The fourth-order valence-electron chi connectivity index (χ4n) is 4.00. The van der Waals surface area contributed by atoms with E-state index in [0.717, 1.165) is 0 Å². The van der Waals surface area contributed by atoms with Crippen molar-refractivity contribution in [3.05, 3.63) is 89.6 Å². The van der Waals surface area contributed by atoms with Crippen molar-refractivity contribution >= 4 is 28.6 Å². The van der Waals surface area contributed by atoms with Crippen molar-refractivity contribution in [2.45, 2.75) is 52.1 Å². The van der Waals surface area contributed by atoms with Crippen molar-refractivity contribution in [3.63, 3.8) is 0 Å². The number of aromatic nitrogens is 2. The van der Waals surface area contributed by atoms with Gasteiger partial charge in [-0.25, -0.2) is 18.7 Å². The molecule has 0 saturated carbocycles. The standard InChI is InChI=1S/C30H29F2N3O3/c1-30(2,3)38-27(36)13-5-4-12-25-28(19-8-6-9-21(31)16-19)35-24-15-14-20(17-26(24)34-25)29(37)33-23-11-7-10-22(32)18-23/h6-11,14-18H,4-5,12-13H2,1-3H3,(H,33,37). The molecule has 1 heterocycles. The second-order valence-corrected chi connectivity index (χ2v) is 9.99. The maximum atomic E-state index is 14.0. The zero-order valence-electron chi connectivity index (χ0n) is 21.6. The molecule has 0 radical (unpaired) electrons. The van der Waals surface area contributed by atoms with Crippen molar-refractivity contribution in [2.75, 3.05) is 5.32 Å². The lowest BCUT2D eigenvalue weighted by atomic mass is 10.0. The number of hydrogen-bond acceptors (Lipinski definition) is 5. The van der Waals surface area contributed by atoms with Crippen LogP contribution in [0, 0.1) is 11.6 Å². The quantitative estimate of drug-likeness (QED) is 0.204. The summed E-state index contributed by atoms with van der Waals surface area (Å²) in [7, 11) is 0. The van der Waals surface area contributed by atoms with E-state index >= 15 is 0 Å². The number of benzene rings is 3. The molecule has 0 spiro atoms. The Kier molecular flexibility index (Phi) is 8.10. The van der Waals surface area contributed by atoms with Gasteiger partial charge in [-0.2, -0.15) is 0 Å². The Morgan fingerprint density at radius 3 is 2.32 bits per heavy atom. The molecule has 0 aliphatic heterocycles. The highest BCUT2D eigenvalue weighted by molar-refractivity contribution is 6.06. The molecule has 0 unspecified atom stereocenters. The highest BCUT2D eigenvalue weighted by atomic mass is 19.1. The van der Waals surface area contributed by atoms with Crippen molar-refractivity contribution in [2.24, 2.45) is 0 Å². The number of nitrogens with zero attached hydrogens (tertiary/aromatic N) is 2. The van der Waals surface area contributed by atoms with Gasteiger partial charge < -0.3 is 10.1 Å². The van der Waals surface area contributed by atoms with E-state index in [1.165, 1.54) is 30.3 Å². The molecule has 0 aliphatic rings. The van der Waals surface area contributed by atoms with E-state index < -0.39 is 17.3 Å². The zero-order valence-corrected chi connectivity index (χ0v) is 21.6. The highest BCUT2D eigenvalue weighted by Crippen LogP contribution is 2.26. The summed E-state index contributed by atoms with van der Waals surface area (Å²) in [5.41, 5.74) is 2.96. The van der Waals surface area contributed by atoms with Gasteiger partial charge in [-0.15, -0.1) is 0 Å². The number of halogens is 2. The molecule has 1 aromatic heterocycles. The second-order valence-electron chi connectivity index (χ2n) is 9.99. The minimum Gasteiger partial charge on any atom is -0.460 e. The van der Waals surface area contributed by atoms with Gasteiger partial charge in [0, 0.05) is 23.2 Å². The summed E-state index contributed by atoms with van der Waals surface area (Å²) in [5, 5.41) is 2.68. The Hall–Kier alpha value is -4.20. The third kappa shape index (κ3) is 7.18. The second kappa shape index (κ2) is 11.5. The van der Waals surface area contributed by atoms with Crippen LogP contribution in [-0.2, 0) is 16.0 Å². The van der Waals surface area contributed by atoms with E-state index in [0.29, 0.717) is 58.5 Å². The van der Waals surface area contributed by atoms with E-state index in [4.69, 9.17) is 14.7 Å². The van der Waals surface area contributed by atoms with Crippen LogP contribution < -0.4 is 5.32 Å². The predicted molar refractivity (Wildman–Crippen MR) is 143 cm³/mol. The van der Waals surface area contributed by atoms with Crippen LogP contribution in [0.3, 0.4) is 0 Å². The van der Waals surface area contributed by atoms with Crippen LogP contribution in [0.15, 0.2) is 66.7 Å². The highest BCUT2D eigenvalue weighted by Gasteiger charge is 2.17. The third-order valence-corrected chi connectivity index (χ3v) is 5.64. The summed E-state index contributed by atoms with van der Waals surface area (Å²) in [6, 6.07) is 16.7. The molecule has 196 valence electrons. The number of aryl methyl sites for hydroxylation is 1. The largest absolute Gasteiger partial charge is 0.460 e. The van der Waals surface area contributed by atoms with Gasteiger partial charge in [0.15, 0.2) is 0 Å². The minimum absolute atomic E-state index is 0.263. The molecule has 0 aliphatic carbocycles. The maximum absolute atomic E-state index is 14.0. The van der Waals surface area contributed by atoms with Crippen LogP contribution in [0.5, 0.6) is 0 Å². The average molecular weight is 518 g/mol. The number of hydrogen-bond donors (Lipinski definition) is 1. The first-order valence-corrected chi connectivity index (χ1v) is 12.4. The monoisotopic (exact) mass is 517 g/mol. The number of unbranched alkanes of at least 4 members (excludes halogenated alkanes) is 1. The number of amides is 1. The van der Waals surface area contributed by atoms with Gasteiger partial charge in [0.25, 0.3) is 5.91 Å². The van der Waals surface area contributed by atoms with E-state index in [-0.39, 0.29) is 18.2 Å². The number of esters is 1. The molecule has 0 saturated heterocycles. The number of fused-ring (bicyclic) bond motifs is 1. The van der Waals surface area contributed by atoms with Crippen LogP contribution in [0.2, 0.25) is 0 Å². The molecule has 6 nitrogen and oxygen atoms in total. The van der Waals surface area contributed by atoms with Crippen LogP contribution in [0.25, 0.3) is 22.3 Å². The Labute approximate surface area is 220 Å². The van der Waals surface area contributed by atoms with E-state index in [9.17, 15) is 18.4 Å². The molecule has 4 rings (SSSR count). The maximum Gasteiger partial charge on any atom is 0.306 e. The molecule has 4 aromatic rings. The molecule has 0 atom stereocenters. The van der Waals surface area contributed by atoms with Crippen LogP contribution in [-0.4, -0.2) is 27.4 Å². The van der Waals surface area contributed by atoms with E-state index in [1.54, 1.807) is 36.4 Å². The first kappa shape index (κ1) is 26.9. The van der Waals surface area contributed by atoms with Gasteiger partial charge in [0.05, 0.1) is 22.4 Å². The summed E-state index contributed by atoms with van der Waals surface area (Å²) >= 11 is 0. The van der Waals surface area contributed by atoms with Gasteiger partial charge in [0.2, 0.25) is 0 Å². The molecular weight excluding hydrogens is 488 g/mol. The smallest absolute Gasteiger partial charge is 0.306 e. The molecule has 38 heavy (non-hydrogen) atoms. The van der Waals surface area contributed by atoms with Crippen LogP contribution in [0.1, 0.15) is 56.1 Å². The lowest BCUT2D eigenvalue weighted by Gasteiger charge is -2.19. The fraction of sp³-hybridized carbons (Fsp3) is 0.267. The van der Waals surface area contributed by atoms with Crippen molar-refractivity contribution in [3.8, 4) is 11.3 Å². The molecule has 1 amide bonds. The van der Waals surface area contributed by atoms with Crippen LogP contribution in [0.4, 0.5) is 14.5 Å². The molecule has 1 N–H and O–H groups in total. The molecule has 0 bridgehead atoms. The zero-order chi connectivity index (χ0) is 27.3. The van der Waals surface area contributed by atoms with Crippen molar-refractivity contribution < 1.29 is 23.1 Å². The SMILES string of the molecule is CC(C)(C)OC(=O)CCCCc1nc2cc(C(=O)Nc3cccc(F)c3)ccc2nc1-c1cccc(F)c1. The number of ether oxygens (including phenoxy) is 1. The Morgan fingerprint density at radius 2 is 1.61 bits per heavy atom. The number of nitrogens with one attached hydrogen (secondary N) is 1. The number of carbonyl (C=O) groups excluding carboxylic acids is 2. The fourth-order valence-corrected chi connectivity index (χ4v) is 4.00. The van der Waals surface area contributed by atoms with E-state index in [1.807, 2.05) is 20.8 Å². The Bertz CT molecular complexity index is 1480. The van der Waals surface area contributed by atoms with Gasteiger partial charge in [-0.05, 0) is 88.6 Å². The summed E-state index contributed by atoms with van der Waals surface area (Å²) in [4.78, 5) is 34.4. The van der Waals surface area contributed by atoms with Gasteiger partial charge >= 0.3 is 5.97 Å². The van der Waals surface area contributed by atoms with Gasteiger partial charge in [-0.3, -0.25) is 9.59 Å². The summed E-state index contributed by atoms with van der Waals surface area (Å²) < 4.78 is 32.9. The first-order valence-electron chi connectivity index (χ1n) is 12.4. The lowest BCUT2D eigenvalue weighted by Crippen LogP contribution is -2.23. The van der Waals surface area contributed by atoms with Gasteiger partial charge in [-0.1, -0.05) is 18.2 Å².